The van der Waals surface area contributed by atoms with Gasteiger partial charge in [-0.1, -0.05) is 0 Å². The number of carbonyl (C=O) groups is 2. The first-order valence-electron chi connectivity index (χ1n) is 9.20. The van der Waals surface area contributed by atoms with Crippen LogP contribution in [0.4, 0.5) is 0 Å². The maximum Gasteiger partial charge on any atom is 0.252 e. The molecular weight excluding hydrogens is 392 g/mol. The Bertz CT molecular complexity index is 868. The van der Waals surface area contributed by atoms with E-state index in [1.165, 1.54) is 31.1 Å². The summed E-state index contributed by atoms with van der Waals surface area (Å²) in [5.41, 5.74) is 1.39. The van der Waals surface area contributed by atoms with E-state index in [0.717, 1.165) is 5.56 Å². The van der Waals surface area contributed by atoms with Crippen LogP contribution in [0.2, 0.25) is 0 Å². The van der Waals surface area contributed by atoms with Crippen LogP contribution in [0.3, 0.4) is 0 Å². The molecule has 0 aliphatic heterocycles. The van der Waals surface area contributed by atoms with E-state index in [2.05, 4.69) is 16.7 Å². The Labute approximate surface area is 175 Å². The smallest absolute Gasteiger partial charge is 0.252 e. The predicted octanol–water partition coefficient (Wildman–Crippen LogP) is 3.39. The van der Waals surface area contributed by atoms with Crippen LogP contribution in [0.5, 0.6) is 17.2 Å². The molecule has 0 aliphatic carbocycles. The summed E-state index contributed by atoms with van der Waals surface area (Å²) in [4.78, 5) is 27.6. The molecule has 1 aromatic carbocycles. The predicted molar refractivity (Wildman–Crippen MR) is 113 cm³/mol. The number of aryl methyl sites for hydroxylation is 2. The van der Waals surface area contributed by atoms with Crippen LogP contribution >= 0.6 is 11.3 Å². The van der Waals surface area contributed by atoms with Crippen molar-refractivity contribution in [1.29, 1.82) is 0 Å². The molecule has 29 heavy (non-hydrogen) atoms. The molecule has 1 aromatic heterocycles. The van der Waals surface area contributed by atoms with Crippen molar-refractivity contribution in [2.45, 2.75) is 39.8 Å². The quantitative estimate of drug-likeness (QED) is 0.684. The highest BCUT2D eigenvalue weighted by atomic mass is 32.1. The van der Waals surface area contributed by atoms with E-state index in [4.69, 9.17) is 14.2 Å². The lowest BCUT2D eigenvalue weighted by Gasteiger charge is -2.19. The molecule has 7 nitrogen and oxygen atoms in total. The first kappa shape index (κ1) is 22.5. The molecule has 0 unspecified atom stereocenters. The van der Waals surface area contributed by atoms with Crippen molar-refractivity contribution in [1.82, 2.24) is 10.6 Å². The van der Waals surface area contributed by atoms with Gasteiger partial charge in [0.25, 0.3) is 5.91 Å². The Kier molecular flexibility index (Phi) is 7.50. The number of hydrogen-bond donors (Lipinski definition) is 2. The normalized spacial score (nSPS) is 12.7. The van der Waals surface area contributed by atoms with E-state index in [-0.39, 0.29) is 11.9 Å². The maximum atomic E-state index is 12.7. The number of rotatable bonds is 8. The van der Waals surface area contributed by atoms with Crippen LogP contribution in [0, 0.1) is 13.8 Å². The van der Waals surface area contributed by atoms with Gasteiger partial charge < -0.3 is 24.8 Å². The van der Waals surface area contributed by atoms with Crippen molar-refractivity contribution >= 4 is 23.2 Å². The van der Waals surface area contributed by atoms with Gasteiger partial charge in [-0.05, 0) is 51.5 Å². The van der Waals surface area contributed by atoms with Crippen molar-refractivity contribution in [2.75, 3.05) is 21.3 Å². The molecule has 0 fully saturated rings. The van der Waals surface area contributed by atoms with Gasteiger partial charge in [0.05, 0.1) is 27.4 Å². The molecule has 0 radical (unpaired) electrons. The number of thiophene rings is 1. The van der Waals surface area contributed by atoms with Gasteiger partial charge in [-0.15, -0.1) is 11.3 Å². The number of benzene rings is 1. The number of amides is 2. The monoisotopic (exact) mass is 420 g/mol. The molecular formula is C21H28N2O5S. The molecule has 158 valence electrons. The Morgan fingerprint density at radius 1 is 0.931 bits per heavy atom. The molecule has 2 atom stereocenters. The lowest BCUT2D eigenvalue weighted by molar-refractivity contribution is -0.123. The average molecular weight is 421 g/mol. The standard InChI is InChI=1S/C21H28N2O5S/c1-11-8-16(14(4)29-11)12(2)22-20(24)13(3)23-21(25)15-9-17(26-5)19(28-7)18(10-15)27-6/h8-10,12-13H,1-7H3,(H,22,24)(H,23,25)/t12-,13-/m0/s1. The Morgan fingerprint density at radius 3 is 1.97 bits per heavy atom. The molecule has 2 amide bonds. The fourth-order valence-corrected chi connectivity index (χ4v) is 4.08. The minimum atomic E-state index is -0.718. The lowest BCUT2D eigenvalue weighted by atomic mass is 10.1. The summed E-state index contributed by atoms with van der Waals surface area (Å²) in [6.45, 7) is 7.64. The fraction of sp³-hybridized carbons (Fsp3) is 0.429. The molecule has 8 heteroatoms. The van der Waals surface area contributed by atoms with Crippen molar-refractivity contribution in [3.63, 3.8) is 0 Å². The van der Waals surface area contributed by atoms with Gasteiger partial charge in [0.15, 0.2) is 11.5 Å². The second-order valence-electron chi connectivity index (χ2n) is 6.71. The highest BCUT2D eigenvalue weighted by Crippen LogP contribution is 2.38. The van der Waals surface area contributed by atoms with E-state index in [1.54, 1.807) is 30.4 Å². The summed E-state index contributed by atoms with van der Waals surface area (Å²) in [5, 5.41) is 5.67. The van der Waals surface area contributed by atoms with E-state index in [0.29, 0.717) is 22.8 Å². The van der Waals surface area contributed by atoms with Crippen LogP contribution in [-0.4, -0.2) is 39.2 Å². The Hall–Kier alpha value is -2.74. The minimum Gasteiger partial charge on any atom is -0.493 e. The molecule has 2 aromatic rings. The molecule has 0 spiro atoms. The minimum absolute atomic E-state index is 0.145. The van der Waals surface area contributed by atoms with Crippen molar-refractivity contribution in [2.24, 2.45) is 0 Å². The topological polar surface area (TPSA) is 85.9 Å². The van der Waals surface area contributed by atoms with Crippen LogP contribution in [-0.2, 0) is 4.79 Å². The van der Waals surface area contributed by atoms with Crippen LogP contribution < -0.4 is 24.8 Å². The second-order valence-corrected chi connectivity index (χ2v) is 8.17. The van der Waals surface area contributed by atoms with E-state index < -0.39 is 11.9 Å². The summed E-state index contributed by atoms with van der Waals surface area (Å²) in [6, 6.07) is 4.30. The van der Waals surface area contributed by atoms with E-state index >= 15 is 0 Å². The van der Waals surface area contributed by atoms with Gasteiger partial charge in [0.1, 0.15) is 6.04 Å². The molecule has 0 bridgehead atoms. The van der Waals surface area contributed by atoms with Crippen LogP contribution in [0.15, 0.2) is 18.2 Å². The number of hydrogen-bond acceptors (Lipinski definition) is 6. The lowest BCUT2D eigenvalue weighted by Crippen LogP contribution is -2.45. The second kappa shape index (κ2) is 9.65. The van der Waals surface area contributed by atoms with Gasteiger partial charge in [0.2, 0.25) is 11.7 Å². The molecule has 0 saturated heterocycles. The zero-order chi connectivity index (χ0) is 21.7. The Balaban J connectivity index is 2.09. The highest BCUT2D eigenvalue weighted by molar-refractivity contribution is 7.12. The van der Waals surface area contributed by atoms with Crippen LogP contribution in [0.1, 0.15) is 45.6 Å². The summed E-state index contributed by atoms with van der Waals surface area (Å²) >= 11 is 1.70. The zero-order valence-electron chi connectivity index (χ0n) is 17.8. The number of carbonyl (C=O) groups excluding carboxylic acids is 2. The zero-order valence-corrected chi connectivity index (χ0v) is 18.7. The summed E-state index contributed by atoms with van der Waals surface area (Å²) in [7, 11) is 4.44. The van der Waals surface area contributed by atoms with Gasteiger partial charge in [-0.3, -0.25) is 9.59 Å². The van der Waals surface area contributed by atoms with Crippen molar-refractivity contribution in [3.8, 4) is 17.2 Å². The molecule has 0 aliphatic rings. The molecule has 0 saturated carbocycles. The van der Waals surface area contributed by atoms with Gasteiger partial charge in [0, 0.05) is 15.3 Å². The third-order valence-corrected chi connectivity index (χ3v) is 5.55. The summed E-state index contributed by atoms with van der Waals surface area (Å²) < 4.78 is 15.8. The van der Waals surface area contributed by atoms with Gasteiger partial charge in [-0.2, -0.15) is 0 Å². The first-order chi connectivity index (χ1) is 13.7. The number of nitrogens with one attached hydrogen (secondary N) is 2. The molecule has 2 rings (SSSR count). The molecule has 2 N–H and O–H groups in total. The number of methoxy groups -OCH3 is 3. The summed E-state index contributed by atoms with van der Waals surface area (Å²) in [5.74, 6) is 0.452. The first-order valence-corrected chi connectivity index (χ1v) is 10.0. The third-order valence-electron chi connectivity index (χ3n) is 4.57. The van der Waals surface area contributed by atoms with Crippen molar-refractivity contribution in [3.05, 3.63) is 39.1 Å². The fourth-order valence-electron chi connectivity index (χ4n) is 3.05. The number of ether oxygens (including phenoxy) is 3. The van der Waals surface area contributed by atoms with Gasteiger partial charge >= 0.3 is 0 Å². The van der Waals surface area contributed by atoms with Crippen molar-refractivity contribution < 1.29 is 23.8 Å². The van der Waals surface area contributed by atoms with Crippen LogP contribution in [0.25, 0.3) is 0 Å². The molecule has 1 heterocycles. The maximum absolute atomic E-state index is 12.7. The average Bonchev–Trinajstić information content (AvgIpc) is 3.04. The van der Waals surface area contributed by atoms with E-state index in [1.807, 2.05) is 20.8 Å². The largest absolute Gasteiger partial charge is 0.493 e. The Morgan fingerprint density at radius 2 is 1.52 bits per heavy atom. The van der Waals surface area contributed by atoms with E-state index in [9.17, 15) is 9.59 Å². The van der Waals surface area contributed by atoms with Gasteiger partial charge in [-0.25, -0.2) is 0 Å². The SMILES string of the molecule is COc1cc(C(=O)N[C@@H](C)C(=O)N[C@@H](C)c2cc(C)sc2C)cc(OC)c1OC. The third kappa shape index (κ3) is 5.20. The summed E-state index contributed by atoms with van der Waals surface area (Å²) in [6.07, 6.45) is 0. The highest BCUT2D eigenvalue weighted by Gasteiger charge is 2.22.